The Morgan fingerprint density at radius 2 is 1.58 bits per heavy atom. The second-order valence-corrected chi connectivity index (χ2v) is 12.3. The summed E-state index contributed by atoms with van der Waals surface area (Å²) in [6.07, 6.45) is 5.09. The summed E-state index contributed by atoms with van der Waals surface area (Å²) in [6, 6.07) is 20.1. The van der Waals surface area contributed by atoms with Gasteiger partial charge >= 0.3 is 0 Å². The summed E-state index contributed by atoms with van der Waals surface area (Å²) in [4.78, 5) is 14.3. The monoisotopic (exact) mass is 525 g/mol. The fourth-order valence-electron chi connectivity index (χ4n) is 3.86. The van der Waals surface area contributed by atoms with Crippen LogP contribution in [-0.2, 0) is 31.1 Å². The molecule has 0 aromatic heterocycles. The number of benzene rings is 3. The van der Waals surface area contributed by atoms with Crippen LogP contribution >= 0.6 is 0 Å². The predicted octanol–water partition coefficient (Wildman–Crippen LogP) is 3.43. The molecule has 8 nitrogen and oxygen atoms in total. The predicted molar refractivity (Wildman–Crippen MR) is 141 cm³/mol. The highest BCUT2D eigenvalue weighted by Gasteiger charge is 2.24. The van der Waals surface area contributed by atoms with Crippen molar-refractivity contribution in [3.8, 4) is 0 Å². The van der Waals surface area contributed by atoms with Crippen molar-refractivity contribution in [1.82, 2.24) is 4.72 Å². The van der Waals surface area contributed by atoms with E-state index in [-0.39, 0.29) is 15.7 Å². The van der Waals surface area contributed by atoms with Crippen LogP contribution in [0.2, 0.25) is 0 Å². The zero-order valence-electron chi connectivity index (χ0n) is 19.9. The van der Waals surface area contributed by atoms with E-state index in [1.165, 1.54) is 35.2 Å². The third kappa shape index (κ3) is 6.01. The summed E-state index contributed by atoms with van der Waals surface area (Å²) >= 11 is 0. The lowest BCUT2D eigenvalue weighted by molar-refractivity contribution is -0.113. The fraction of sp³-hybridized carbons (Fsp3) is 0.192. The minimum absolute atomic E-state index is 0.106. The van der Waals surface area contributed by atoms with Crippen LogP contribution in [-0.4, -0.2) is 42.2 Å². The fourth-order valence-corrected chi connectivity index (χ4v) is 5.68. The second-order valence-electron chi connectivity index (χ2n) is 8.58. The second kappa shape index (κ2) is 10.3. The maximum absolute atomic E-state index is 12.9. The van der Waals surface area contributed by atoms with Crippen LogP contribution in [0, 0.1) is 0 Å². The molecular formula is C26H27N3O5S2. The molecule has 1 amide bonds. The average Bonchev–Trinajstić information content (AvgIpc) is 2.86. The normalized spacial score (nSPS) is 15.8. The van der Waals surface area contributed by atoms with Gasteiger partial charge in [0, 0.05) is 30.8 Å². The first-order valence-corrected chi connectivity index (χ1v) is 14.6. The number of fused-ring (bicyclic) bond motifs is 1. The number of para-hydroxylation sites is 1. The van der Waals surface area contributed by atoms with E-state index in [1.807, 2.05) is 24.3 Å². The van der Waals surface area contributed by atoms with Crippen molar-refractivity contribution in [2.75, 3.05) is 23.5 Å². The van der Waals surface area contributed by atoms with Crippen molar-refractivity contribution in [1.29, 1.82) is 0 Å². The van der Waals surface area contributed by atoms with Crippen molar-refractivity contribution in [2.45, 2.75) is 28.8 Å². The number of nitrogens with zero attached hydrogens (tertiary/aromatic N) is 1. The van der Waals surface area contributed by atoms with Gasteiger partial charge in [-0.05, 0) is 72.5 Å². The Morgan fingerprint density at radius 1 is 0.944 bits per heavy atom. The van der Waals surface area contributed by atoms with Crippen LogP contribution < -0.4 is 14.9 Å². The molecule has 188 valence electrons. The minimum Gasteiger partial charge on any atom is -0.369 e. The highest BCUT2D eigenvalue weighted by atomic mass is 32.2. The molecule has 0 aliphatic carbocycles. The SMILES string of the molecule is CN(C(=O)/C=C/c1ccc(S(C)(=O)=O)cc1)c1ccc(S(=O)(=O)NC2CCc3ccccc3N2)cc1. The molecule has 0 spiro atoms. The first-order valence-electron chi connectivity index (χ1n) is 11.3. The topological polar surface area (TPSA) is 113 Å². The molecule has 0 fully saturated rings. The molecule has 2 N–H and O–H groups in total. The summed E-state index contributed by atoms with van der Waals surface area (Å²) < 4.78 is 51.6. The Balaban J connectivity index is 1.39. The van der Waals surface area contributed by atoms with E-state index >= 15 is 0 Å². The summed E-state index contributed by atoms with van der Waals surface area (Å²) in [5, 5.41) is 3.22. The quantitative estimate of drug-likeness (QED) is 0.457. The molecule has 0 saturated carbocycles. The highest BCUT2D eigenvalue weighted by molar-refractivity contribution is 7.90. The Hall–Kier alpha value is -3.47. The van der Waals surface area contributed by atoms with Crippen molar-refractivity contribution >= 4 is 43.2 Å². The molecule has 36 heavy (non-hydrogen) atoms. The molecule has 1 atom stereocenters. The van der Waals surface area contributed by atoms with E-state index in [2.05, 4.69) is 10.0 Å². The largest absolute Gasteiger partial charge is 0.369 e. The van der Waals surface area contributed by atoms with Crippen LogP contribution in [0.1, 0.15) is 17.5 Å². The van der Waals surface area contributed by atoms with Gasteiger partial charge in [0.15, 0.2) is 9.84 Å². The number of nitrogens with one attached hydrogen (secondary N) is 2. The Labute approximate surface area is 211 Å². The van der Waals surface area contributed by atoms with Gasteiger partial charge in [-0.25, -0.2) is 16.8 Å². The van der Waals surface area contributed by atoms with Crippen molar-refractivity contribution < 1.29 is 21.6 Å². The van der Waals surface area contributed by atoms with Gasteiger partial charge in [0.25, 0.3) is 5.91 Å². The molecule has 10 heteroatoms. The van der Waals surface area contributed by atoms with Gasteiger partial charge in [-0.2, -0.15) is 4.72 Å². The molecular weight excluding hydrogens is 498 g/mol. The van der Waals surface area contributed by atoms with E-state index in [0.29, 0.717) is 17.7 Å². The Morgan fingerprint density at radius 3 is 2.25 bits per heavy atom. The van der Waals surface area contributed by atoms with E-state index in [1.54, 1.807) is 37.4 Å². The van der Waals surface area contributed by atoms with Crippen LogP contribution in [0.15, 0.2) is 88.7 Å². The zero-order chi connectivity index (χ0) is 25.9. The molecule has 4 rings (SSSR count). The van der Waals surface area contributed by atoms with Crippen molar-refractivity contribution in [3.63, 3.8) is 0 Å². The summed E-state index contributed by atoms with van der Waals surface area (Å²) in [5.74, 6) is -0.319. The molecule has 1 heterocycles. The number of rotatable bonds is 7. The van der Waals surface area contributed by atoms with Gasteiger partial charge in [-0.1, -0.05) is 30.3 Å². The van der Waals surface area contributed by atoms with E-state index in [4.69, 9.17) is 0 Å². The van der Waals surface area contributed by atoms with Gasteiger partial charge in [-0.15, -0.1) is 0 Å². The number of hydrogen-bond acceptors (Lipinski definition) is 6. The van der Waals surface area contributed by atoms with E-state index < -0.39 is 26.0 Å². The number of carbonyl (C=O) groups is 1. The smallest absolute Gasteiger partial charge is 0.250 e. The highest BCUT2D eigenvalue weighted by Crippen LogP contribution is 2.25. The molecule has 0 bridgehead atoms. The van der Waals surface area contributed by atoms with E-state index in [0.717, 1.165) is 23.9 Å². The Bertz CT molecular complexity index is 1500. The number of aryl methyl sites for hydroxylation is 1. The molecule has 1 unspecified atom stereocenters. The number of sulfonamides is 1. The van der Waals surface area contributed by atoms with Gasteiger partial charge in [0.1, 0.15) is 0 Å². The standard InChI is InChI=1S/C26H27N3O5S2/c1-29(26(30)18-9-19-7-13-22(14-8-19)35(2,31)32)21-11-15-23(16-12-21)36(33,34)28-25-17-10-20-5-3-4-6-24(20)27-25/h3-9,11-16,18,25,27-28H,10,17H2,1-2H3/b18-9+. The molecule has 3 aromatic rings. The maximum Gasteiger partial charge on any atom is 0.250 e. The minimum atomic E-state index is -3.76. The lowest BCUT2D eigenvalue weighted by atomic mass is 10.0. The number of likely N-dealkylation sites (N-methyl/N-ethyl adjacent to an activating group) is 1. The van der Waals surface area contributed by atoms with Gasteiger partial charge in [-0.3, -0.25) is 4.79 Å². The van der Waals surface area contributed by atoms with Crippen LogP contribution in [0.4, 0.5) is 11.4 Å². The van der Waals surface area contributed by atoms with Crippen molar-refractivity contribution in [2.24, 2.45) is 0 Å². The number of carbonyl (C=O) groups excluding carboxylic acids is 1. The summed E-state index contributed by atoms with van der Waals surface area (Å²) in [5.41, 5.74) is 3.28. The first-order chi connectivity index (χ1) is 17.0. The number of hydrogen-bond donors (Lipinski definition) is 2. The lowest BCUT2D eigenvalue weighted by Crippen LogP contribution is -2.42. The summed E-state index contributed by atoms with van der Waals surface area (Å²) in [6.45, 7) is 0. The summed E-state index contributed by atoms with van der Waals surface area (Å²) in [7, 11) is -5.46. The van der Waals surface area contributed by atoms with E-state index in [9.17, 15) is 21.6 Å². The Kier molecular flexibility index (Phi) is 7.30. The molecule has 1 aliphatic heterocycles. The zero-order valence-corrected chi connectivity index (χ0v) is 21.5. The average molecular weight is 526 g/mol. The number of anilines is 2. The number of amides is 1. The molecule has 0 radical (unpaired) electrons. The first kappa shape index (κ1) is 25.6. The third-order valence-corrected chi connectivity index (χ3v) is 8.55. The van der Waals surface area contributed by atoms with Gasteiger partial charge in [0.05, 0.1) is 16.0 Å². The van der Waals surface area contributed by atoms with Crippen molar-refractivity contribution in [3.05, 3.63) is 90.0 Å². The number of sulfone groups is 1. The maximum atomic E-state index is 12.9. The van der Waals surface area contributed by atoms with Crippen LogP contribution in [0.25, 0.3) is 6.08 Å². The van der Waals surface area contributed by atoms with Crippen LogP contribution in [0.5, 0.6) is 0 Å². The lowest BCUT2D eigenvalue weighted by Gasteiger charge is -2.27. The molecule has 1 aliphatic rings. The van der Waals surface area contributed by atoms with Gasteiger partial charge in [0.2, 0.25) is 10.0 Å². The molecule has 3 aromatic carbocycles. The van der Waals surface area contributed by atoms with Gasteiger partial charge < -0.3 is 10.2 Å². The van der Waals surface area contributed by atoms with Crippen LogP contribution in [0.3, 0.4) is 0 Å². The molecule has 0 saturated heterocycles. The third-order valence-electron chi connectivity index (χ3n) is 5.94.